The molecule has 0 saturated carbocycles. The molecule has 0 saturated heterocycles. The summed E-state index contributed by atoms with van der Waals surface area (Å²) in [6.45, 7) is 3.05. The lowest BCUT2D eigenvalue weighted by Gasteiger charge is -2.28. The Morgan fingerprint density at radius 1 is 1.28 bits per heavy atom. The number of carbonyl (C=O) groups excluding carboxylic acids is 2. The molecule has 0 fully saturated rings. The van der Waals surface area contributed by atoms with Gasteiger partial charge >= 0.3 is 5.97 Å². The Labute approximate surface area is 141 Å². The second-order valence-electron chi connectivity index (χ2n) is 6.54. The van der Waals surface area contributed by atoms with Crippen LogP contribution in [0.15, 0.2) is 24.3 Å². The third kappa shape index (κ3) is 2.51. The Balaban J connectivity index is 2.51. The van der Waals surface area contributed by atoms with E-state index >= 15 is 0 Å². The quantitative estimate of drug-likeness (QED) is 0.499. The summed E-state index contributed by atoms with van der Waals surface area (Å²) in [5, 5.41) is 23.6. The monoisotopic (exact) mass is 342 g/mol. The van der Waals surface area contributed by atoms with Gasteiger partial charge in [-0.15, -0.1) is 0 Å². The van der Waals surface area contributed by atoms with Crippen molar-refractivity contribution in [3.8, 4) is 0 Å². The number of carboxylic acid groups (broad SMARTS) is 1. The van der Waals surface area contributed by atoms with Crippen LogP contribution >= 0.6 is 0 Å². The highest BCUT2D eigenvalue weighted by Gasteiger charge is 2.40. The number of nitrogens with one attached hydrogen (secondary N) is 1. The Morgan fingerprint density at radius 3 is 2.56 bits per heavy atom. The number of rotatable bonds is 4. The molecule has 0 bridgehead atoms. The van der Waals surface area contributed by atoms with Gasteiger partial charge in [0.2, 0.25) is 0 Å². The molecule has 0 atom stereocenters. The first-order chi connectivity index (χ1) is 11.6. The van der Waals surface area contributed by atoms with E-state index in [1.54, 1.807) is 12.1 Å². The van der Waals surface area contributed by atoms with E-state index in [1.807, 2.05) is 0 Å². The third-order valence-electron chi connectivity index (χ3n) is 4.31. The van der Waals surface area contributed by atoms with Crippen LogP contribution < -0.4 is 5.32 Å². The normalized spacial score (nSPS) is 13.7. The van der Waals surface area contributed by atoms with Crippen LogP contribution in [0.1, 0.15) is 46.5 Å². The van der Waals surface area contributed by atoms with E-state index in [0.717, 1.165) is 0 Å². The molecule has 2 amide bonds. The van der Waals surface area contributed by atoms with E-state index < -0.39 is 34.5 Å². The summed E-state index contributed by atoms with van der Waals surface area (Å²) in [6, 6.07) is 5.96. The van der Waals surface area contributed by atoms with Gasteiger partial charge < -0.3 is 5.11 Å². The van der Waals surface area contributed by atoms with Crippen LogP contribution in [-0.2, 0) is 10.2 Å². The van der Waals surface area contributed by atoms with E-state index in [-0.39, 0.29) is 22.4 Å². The van der Waals surface area contributed by atoms with E-state index in [9.17, 15) is 24.5 Å². The maximum absolute atomic E-state index is 12.5. The van der Waals surface area contributed by atoms with E-state index in [2.05, 4.69) is 5.32 Å². The van der Waals surface area contributed by atoms with Gasteiger partial charge in [-0.1, -0.05) is 26.0 Å². The van der Waals surface area contributed by atoms with Gasteiger partial charge in [0.05, 0.1) is 16.9 Å². The SMILES string of the molecule is CC(C)(CC(=O)O)c1c([N+](=O)[O-])cc2cccc3c2c1C(=O)NC3=O. The summed E-state index contributed by atoms with van der Waals surface area (Å²) < 4.78 is 0. The van der Waals surface area contributed by atoms with Gasteiger partial charge in [-0.05, 0) is 11.5 Å². The molecule has 2 N–H and O–H groups in total. The van der Waals surface area contributed by atoms with Crippen molar-refractivity contribution in [1.29, 1.82) is 0 Å². The summed E-state index contributed by atoms with van der Waals surface area (Å²) in [6.07, 6.45) is -0.407. The molecule has 1 heterocycles. The summed E-state index contributed by atoms with van der Waals surface area (Å²) in [5.41, 5.74) is -1.29. The molecule has 3 rings (SSSR count). The number of amides is 2. The minimum atomic E-state index is -1.19. The topological polar surface area (TPSA) is 127 Å². The molecule has 0 unspecified atom stereocenters. The first-order valence-electron chi connectivity index (χ1n) is 7.45. The van der Waals surface area contributed by atoms with Crippen molar-refractivity contribution in [1.82, 2.24) is 5.32 Å². The van der Waals surface area contributed by atoms with Crippen molar-refractivity contribution in [2.45, 2.75) is 25.7 Å². The van der Waals surface area contributed by atoms with Gasteiger partial charge in [0.25, 0.3) is 17.5 Å². The molecule has 8 nitrogen and oxygen atoms in total. The fourth-order valence-electron chi connectivity index (χ4n) is 3.39. The van der Waals surface area contributed by atoms with Crippen molar-refractivity contribution in [3.05, 3.63) is 51.1 Å². The van der Waals surface area contributed by atoms with Crippen LogP contribution in [0.5, 0.6) is 0 Å². The maximum atomic E-state index is 12.5. The molecule has 128 valence electrons. The lowest BCUT2D eigenvalue weighted by Crippen LogP contribution is -2.38. The molecule has 0 radical (unpaired) electrons. The second-order valence-corrected chi connectivity index (χ2v) is 6.54. The van der Waals surface area contributed by atoms with Gasteiger partial charge in [0, 0.05) is 28.0 Å². The van der Waals surface area contributed by atoms with Crippen LogP contribution in [-0.4, -0.2) is 27.8 Å². The number of hydrogen-bond acceptors (Lipinski definition) is 5. The number of carbonyl (C=O) groups is 3. The first-order valence-corrected chi connectivity index (χ1v) is 7.45. The Morgan fingerprint density at radius 2 is 1.96 bits per heavy atom. The van der Waals surface area contributed by atoms with Crippen molar-refractivity contribution in [2.75, 3.05) is 0 Å². The molecule has 8 heteroatoms. The van der Waals surface area contributed by atoms with Crippen molar-refractivity contribution in [3.63, 3.8) is 0 Å². The highest BCUT2D eigenvalue weighted by atomic mass is 16.6. The Kier molecular flexibility index (Phi) is 3.56. The zero-order valence-electron chi connectivity index (χ0n) is 13.5. The Bertz CT molecular complexity index is 977. The van der Waals surface area contributed by atoms with E-state index in [1.165, 1.54) is 26.0 Å². The lowest BCUT2D eigenvalue weighted by atomic mass is 9.75. The van der Waals surface area contributed by atoms with Gasteiger partial charge in [-0.25, -0.2) is 0 Å². The largest absolute Gasteiger partial charge is 0.481 e. The maximum Gasteiger partial charge on any atom is 0.304 e. The van der Waals surface area contributed by atoms with Crippen molar-refractivity contribution in [2.24, 2.45) is 0 Å². The van der Waals surface area contributed by atoms with Crippen molar-refractivity contribution >= 4 is 34.2 Å². The zero-order valence-corrected chi connectivity index (χ0v) is 13.5. The van der Waals surface area contributed by atoms with Crippen LogP contribution in [0.3, 0.4) is 0 Å². The fraction of sp³-hybridized carbons (Fsp3) is 0.235. The standard InChI is InChI=1S/C17H14N2O6/c1-17(2,7-11(20)21)14-10(19(24)25)6-8-4-3-5-9-12(8)13(14)16(23)18-15(9)22/h3-6H,7H2,1-2H3,(H,20,21)(H,18,22,23). The van der Waals surface area contributed by atoms with Gasteiger partial charge in [-0.2, -0.15) is 0 Å². The van der Waals surface area contributed by atoms with Gasteiger partial charge in [0.15, 0.2) is 0 Å². The molecule has 0 aliphatic carbocycles. The number of benzene rings is 2. The zero-order chi connectivity index (χ0) is 18.5. The predicted octanol–water partition coefficient (Wildman–Crippen LogP) is 2.38. The average Bonchev–Trinajstić information content (AvgIpc) is 2.49. The number of carboxylic acids is 1. The second kappa shape index (κ2) is 5.37. The van der Waals surface area contributed by atoms with Crippen molar-refractivity contribution < 1.29 is 24.4 Å². The van der Waals surface area contributed by atoms with E-state index in [0.29, 0.717) is 10.8 Å². The third-order valence-corrected chi connectivity index (χ3v) is 4.31. The molecule has 0 spiro atoms. The molecule has 25 heavy (non-hydrogen) atoms. The minimum absolute atomic E-state index is 0.00866. The molecule has 1 aliphatic heterocycles. The lowest BCUT2D eigenvalue weighted by molar-refractivity contribution is -0.385. The first kappa shape index (κ1) is 16.6. The average molecular weight is 342 g/mol. The molecule has 0 aromatic heterocycles. The van der Waals surface area contributed by atoms with Crippen LogP contribution in [0, 0.1) is 10.1 Å². The molecule has 2 aromatic carbocycles. The van der Waals surface area contributed by atoms with Gasteiger partial charge in [0.1, 0.15) is 0 Å². The minimum Gasteiger partial charge on any atom is -0.481 e. The summed E-state index contributed by atoms with van der Waals surface area (Å²) in [7, 11) is 0. The molecule has 2 aromatic rings. The van der Waals surface area contributed by atoms with Crippen LogP contribution in [0.2, 0.25) is 0 Å². The smallest absolute Gasteiger partial charge is 0.304 e. The number of nitro groups is 1. The Hall–Kier alpha value is -3.29. The number of imide groups is 1. The summed E-state index contributed by atoms with van der Waals surface area (Å²) >= 11 is 0. The molecular formula is C17H14N2O6. The highest BCUT2D eigenvalue weighted by Crippen LogP contribution is 2.42. The number of nitro benzene ring substituents is 1. The van der Waals surface area contributed by atoms with Crippen LogP contribution in [0.25, 0.3) is 10.8 Å². The fourth-order valence-corrected chi connectivity index (χ4v) is 3.39. The van der Waals surface area contributed by atoms with Gasteiger partial charge in [-0.3, -0.25) is 29.8 Å². The summed E-state index contributed by atoms with van der Waals surface area (Å²) in [5.74, 6) is -2.49. The summed E-state index contributed by atoms with van der Waals surface area (Å²) in [4.78, 5) is 46.8. The number of aliphatic carboxylic acids is 1. The van der Waals surface area contributed by atoms with Crippen LogP contribution in [0.4, 0.5) is 5.69 Å². The predicted molar refractivity (Wildman–Crippen MR) is 87.7 cm³/mol. The van der Waals surface area contributed by atoms with E-state index in [4.69, 9.17) is 5.11 Å². The number of nitrogens with zero attached hydrogens (tertiary/aromatic N) is 1. The highest BCUT2D eigenvalue weighted by molar-refractivity contribution is 6.26. The number of hydrogen-bond donors (Lipinski definition) is 2. The molecule has 1 aliphatic rings. The molecular weight excluding hydrogens is 328 g/mol.